The van der Waals surface area contributed by atoms with Crippen molar-refractivity contribution in [2.24, 2.45) is 0 Å². The molecule has 0 fully saturated rings. The van der Waals surface area contributed by atoms with Crippen LogP contribution >= 0.6 is 0 Å². The van der Waals surface area contributed by atoms with E-state index in [-0.39, 0.29) is 31.5 Å². The van der Waals surface area contributed by atoms with Gasteiger partial charge in [0.2, 0.25) is 5.91 Å². The van der Waals surface area contributed by atoms with Crippen molar-refractivity contribution >= 4 is 11.9 Å². The molecule has 1 rings (SSSR count). The van der Waals surface area contributed by atoms with Gasteiger partial charge in [-0.1, -0.05) is 19.1 Å². The summed E-state index contributed by atoms with van der Waals surface area (Å²) in [6, 6.07) is 4.35. The normalized spacial score (nSPS) is 12.4. The van der Waals surface area contributed by atoms with Crippen LogP contribution < -0.4 is 10.6 Å². The molecule has 25 heavy (non-hydrogen) atoms. The second-order valence-corrected chi connectivity index (χ2v) is 5.91. The van der Waals surface area contributed by atoms with Crippen LogP contribution in [0.1, 0.15) is 37.8 Å². The summed E-state index contributed by atoms with van der Waals surface area (Å²) in [7, 11) is 1.53. The van der Waals surface area contributed by atoms with Crippen LogP contribution in [-0.4, -0.2) is 36.5 Å². The maximum absolute atomic E-state index is 12.5. The first-order chi connectivity index (χ1) is 11.6. The zero-order valence-electron chi connectivity index (χ0n) is 14.6. The Morgan fingerprint density at radius 2 is 1.80 bits per heavy atom. The number of hydrogen-bond acceptors (Lipinski definition) is 2. The molecule has 0 bridgehead atoms. The van der Waals surface area contributed by atoms with Crippen LogP contribution in [0.4, 0.5) is 18.0 Å². The number of rotatable bonds is 7. The van der Waals surface area contributed by atoms with Gasteiger partial charge in [0, 0.05) is 32.6 Å². The van der Waals surface area contributed by atoms with Crippen molar-refractivity contribution in [1.82, 2.24) is 15.5 Å². The fraction of sp³-hybridized carbons (Fsp3) is 0.529. The monoisotopic (exact) mass is 359 g/mol. The molecule has 1 aromatic rings. The highest BCUT2D eigenvalue weighted by Crippen LogP contribution is 2.29. The highest BCUT2D eigenvalue weighted by molar-refractivity contribution is 5.78. The Hall–Kier alpha value is -2.25. The molecule has 0 saturated carbocycles. The largest absolute Gasteiger partial charge is 0.416 e. The summed E-state index contributed by atoms with van der Waals surface area (Å²) in [5.74, 6) is -0.139. The lowest BCUT2D eigenvalue weighted by atomic mass is 10.1. The average Bonchev–Trinajstić information content (AvgIpc) is 2.54. The summed E-state index contributed by atoms with van der Waals surface area (Å²) in [6.07, 6.45) is -3.38. The van der Waals surface area contributed by atoms with Crippen LogP contribution in [0, 0.1) is 0 Å². The van der Waals surface area contributed by atoms with E-state index in [1.807, 2.05) is 13.8 Å². The lowest BCUT2D eigenvalue weighted by Crippen LogP contribution is -2.39. The molecule has 5 nitrogen and oxygen atoms in total. The fourth-order valence-corrected chi connectivity index (χ4v) is 2.01. The number of alkyl halides is 3. The number of halogens is 3. The molecule has 0 spiro atoms. The van der Waals surface area contributed by atoms with Gasteiger partial charge in [0.15, 0.2) is 0 Å². The van der Waals surface area contributed by atoms with Gasteiger partial charge in [-0.05, 0) is 31.0 Å². The van der Waals surface area contributed by atoms with E-state index in [0.717, 1.165) is 18.6 Å². The summed E-state index contributed by atoms with van der Waals surface area (Å²) >= 11 is 0. The number of hydrogen-bond donors (Lipinski definition) is 2. The van der Waals surface area contributed by atoms with Crippen LogP contribution in [-0.2, 0) is 17.5 Å². The van der Waals surface area contributed by atoms with Crippen molar-refractivity contribution in [3.8, 4) is 0 Å². The van der Waals surface area contributed by atoms with Gasteiger partial charge in [0.05, 0.1) is 5.56 Å². The van der Waals surface area contributed by atoms with E-state index in [2.05, 4.69) is 10.6 Å². The van der Waals surface area contributed by atoms with Crippen LogP contribution in [0.25, 0.3) is 0 Å². The number of carbonyl (C=O) groups excluding carboxylic acids is 2. The molecule has 8 heteroatoms. The summed E-state index contributed by atoms with van der Waals surface area (Å²) < 4.78 is 37.5. The Kier molecular flexibility index (Phi) is 7.73. The molecule has 0 aromatic heterocycles. The predicted octanol–water partition coefficient (Wildman–Crippen LogP) is 3.15. The van der Waals surface area contributed by atoms with E-state index in [0.29, 0.717) is 5.56 Å². The van der Waals surface area contributed by atoms with E-state index in [1.54, 1.807) is 0 Å². The minimum absolute atomic E-state index is 0.0885. The molecule has 1 aromatic carbocycles. The van der Waals surface area contributed by atoms with Gasteiger partial charge in [0.1, 0.15) is 0 Å². The summed E-state index contributed by atoms with van der Waals surface area (Å²) in [6.45, 7) is 4.22. The maximum Gasteiger partial charge on any atom is 0.416 e. The topological polar surface area (TPSA) is 61.4 Å². The van der Waals surface area contributed by atoms with Crippen molar-refractivity contribution in [3.63, 3.8) is 0 Å². The van der Waals surface area contributed by atoms with E-state index < -0.39 is 17.8 Å². The van der Waals surface area contributed by atoms with Gasteiger partial charge in [0.25, 0.3) is 0 Å². The second-order valence-electron chi connectivity index (χ2n) is 5.91. The SMILES string of the molecule is CCC(C)NC(=O)CCNC(=O)N(C)Cc1ccc(C(F)(F)F)cc1. The van der Waals surface area contributed by atoms with Crippen LogP contribution in [0.5, 0.6) is 0 Å². The molecule has 0 aliphatic heterocycles. The Labute approximate surface area is 145 Å². The fourth-order valence-electron chi connectivity index (χ4n) is 2.01. The maximum atomic E-state index is 12.5. The average molecular weight is 359 g/mol. The Morgan fingerprint density at radius 1 is 1.20 bits per heavy atom. The molecule has 1 unspecified atom stereocenters. The van der Waals surface area contributed by atoms with Crippen LogP contribution in [0.3, 0.4) is 0 Å². The third kappa shape index (κ3) is 7.45. The third-order valence-corrected chi connectivity index (χ3v) is 3.70. The molecule has 0 heterocycles. The standard InChI is InChI=1S/C17H24F3N3O2/c1-4-12(2)22-15(24)9-10-21-16(25)23(3)11-13-5-7-14(8-6-13)17(18,19)20/h5-8,12H,4,9-11H2,1-3H3,(H,21,25)(H,22,24). The van der Waals surface area contributed by atoms with Gasteiger partial charge in [-0.2, -0.15) is 13.2 Å². The van der Waals surface area contributed by atoms with Crippen molar-refractivity contribution in [1.29, 1.82) is 0 Å². The third-order valence-electron chi connectivity index (χ3n) is 3.70. The Bertz CT molecular complexity index is 573. The molecule has 0 saturated heterocycles. The molecule has 0 aliphatic rings. The first kappa shape index (κ1) is 20.8. The molecule has 3 amide bonds. The van der Waals surface area contributed by atoms with Gasteiger partial charge in [-0.25, -0.2) is 4.79 Å². The molecule has 2 N–H and O–H groups in total. The molecule has 0 aliphatic carbocycles. The first-order valence-corrected chi connectivity index (χ1v) is 8.08. The number of nitrogens with one attached hydrogen (secondary N) is 2. The van der Waals surface area contributed by atoms with Gasteiger partial charge in [-0.15, -0.1) is 0 Å². The highest BCUT2D eigenvalue weighted by Gasteiger charge is 2.29. The lowest BCUT2D eigenvalue weighted by molar-refractivity contribution is -0.137. The van der Waals surface area contributed by atoms with Gasteiger partial charge in [-0.3, -0.25) is 4.79 Å². The van der Waals surface area contributed by atoms with Gasteiger partial charge < -0.3 is 15.5 Å². The van der Waals surface area contributed by atoms with Crippen molar-refractivity contribution < 1.29 is 22.8 Å². The molecular formula is C17H24F3N3O2. The highest BCUT2D eigenvalue weighted by atomic mass is 19.4. The summed E-state index contributed by atoms with van der Waals surface area (Å²) in [5, 5.41) is 5.40. The Morgan fingerprint density at radius 3 is 2.32 bits per heavy atom. The second kappa shape index (κ2) is 9.29. The lowest BCUT2D eigenvalue weighted by Gasteiger charge is -2.18. The Balaban J connectivity index is 2.40. The minimum Gasteiger partial charge on any atom is -0.354 e. The number of benzene rings is 1. The zero-order chi connectivity index (χ0) is 19.0. The molecule has 1 atom stereocenters. The van der Waals surface area contributed by atoms with Crippen LogP contribution in [0.15, 0.2) is 24.3 Å². The van der Waals surface area contributed by atoms with Crippen molar-refractivity contribution in [2.75, 3.05) is 13.6 Å². The zero-order valence-corrected chi connectivity index (χ0v) is 14.6. The molecule has 0 radical (unpaired) electrons. The smallest absolute Gasteiger partial charge is 0.354 e. The van der Waals surface area contributed by atoms with E-state index in [4.69, 9.17) is 0 Å². The van der Waals surface area contributed by atoms with E-state index in [1.165, 1.54) is 24.1 Å². The van der Waals surface area contributed by atoms with E-state index >= 15 is 0 Å². The first-order valence-electron chi connectivity index (χ1n) is 8.08. The molecule has 140 valence electrons. The number of nitrogens with zero attached hydrogens (tertiary/aromatic N) is 1. The van der Waals surface area contributed by atoms with Gasteiger partial charge >= 0.3 is 12.2 Å². The minimum atomic E-state index is -4.38. The van der Waals surface area contributed by atoms with E-state index in [9.17, 15) is 22.8 Å². The number of urea groups is 1. The van der Waals surface area contributed by atoms with Crippen molar-refractivity contribution in [3.05, 3.63) is 35.4 Å². The quantitative estimate of drug-likeness (QED) is 0.786. The summed E-state index contributed by atoms with van der Waals surface area (Å²) in [5.41, 5.74) is -0.143. The predicted molar refractivity (Wildman–Crippen MR) is 88.8 cm³/mol. The van der Waals surface area contributed by atoms with Crippen LogP contribution in [0.2, 0.25) is 0 Å². The number of amides is 3. The van der Waals surface area contributed by atoms with Crippen molar-refractivity contribution in [2.45, 2.75) is 45.5 Å². The molecular weight excluding hydrogens is 335 g/mol. The summed E-state index contributed by atoms with van der Waals surface area (Å²) in [4.78, 5) is 24.9. The number of carbonyl (C=O) groups is 2.